The summed E-state index contributed by atoms with van der Waals surface area (Å²) in [5.41, 5.74) is 6.29. The molecule has 1 amide bonds. The van der Waals surface area contributed by atoms with E-state index in [4.69, 9.17) is 5.73 Å². The lowest BCUT2D eigenvalue weighted by atomic mass is 10.2. The number of rotatable bonds is 0. The van der Waals surface area contributed by atoms with E-state index in [1.807, 2.05) is 0 Å². The van der Waals surface area contributed by atoms with E-state index in [2.05, 4.69) is 10.3 Å². The van der Waals surface area contributed by atoms with E-state index < -0.39 is 0 Å². The minimum absolute atomic E-state index is 0. The van der Waals surface area contributed by atoms with Crippen molar-refractivity contribution < 1.29 is 4.79 Å². The first kappa shape index (κ1) is 9.47. The van der Waals surface area contributed by atoms with Crippen LogP contribution < -0.4 is 11.1 Å². The normalized spacial score (nSPS) is 14.5. The summed E-state index contributed by atoms with van der Waals surface area (Å²) in [6, 6.07) is 0. The van der Waals surface area contributed by atoms with E-state index in [-0.39, 0.29) is 22.9 Å². The van der Waals surface area contributed by atoms with Gasteiger partial charge in [-0.05, 0) is 0 Å². The van der Waals surface area contributed by atoms with E-state index in [0.717, 1.165) is 12.1 Å². The number of hydrogen-bond donors (Lipinski definition) is 2. The summed E-state index contributed by atoms with van der Waals surface area (Å²) in [5, 5.41) is 3.21. The summed E-state index contributed by atoms with van der Waals surface area (Å²) < 4.78 is 0. The zero-order chi connectivity index (χ0) is 7.84. The molecule has 0 radical (unpaired) electrons. The predicted octanol–water partition coefficient (Wildman–Crippen LogP) is 0.589. The molecule has 2 rings (SSSR count). The number of carbonyl (C=O) groups excluding carboxylic acids is 1. The number of anilines is 1. The maximum absolute atomic E-state index is 11.1. The van der Waals surface area contributed by atoms with Crippen LogP contribution in [0.2, 0.25) is 0 Å². The average Bonchev–Trinajstić information content (AvgIpc) is 2.31. The number of fused-ring (bicyclic) bond motifs is 1. The predicted molar refractivity (Wildman–Crippen MR) is 52.9 cm³/mol. The first-order valence-corrected chi connectivity index (χ1v) is 4.12. The van der Waals surface area contributed by atoms with Crippen LogP contribution in [0.15, 0.2) is 0 Å². The number of carbonyl (C=O) groups is 1. The first-order valence-electron chi connectivity index (χ1n) is 3.31. The monoisotopic (exact) mass is 249 g/mol. The van der Waals surface area contributed by atoms with Gasteiger partial charge in [0, 0.05) is 13.0 Å². The molecule has 0 aromatic carbocycles. The topological polar surface area (TPSA) is 68.0 Å². The van der Waals surface area contributed by atoms with Crippen LogP contribution in [0.3, 0.4) is 0 Å². The number of thiazole rings is 1. The lowest BCUT2D eigenvalue weighted by Crippen LogP contribution is -2.30. The van der Waals surface area contributed by atoms with Gasteiger partial charge in [-0.15, -0.1) is 17.0 Å². The number of halogens is 1. The fourth-order valence-corrected chi connectivity index (χ4v) is 1.89. The summed E-state index contributed by atoms with van der Waals surface area (Å²) in [7, 11) is 0. The zero-order valence-corrected chi connectivity index (χ0v) is 8.69. The second-order valence-electron chi connectivity index (χ2n) is 2.33. The molecule has 0 spiro atoms. The second-order valence-corrected chi connectivity index (χ2v) is 3.36. The third-order valence-electron chi connectivity index (χ3n) is 1.57. The van der Waals surface area contributed by atoms with Crippen molar-refractivity contribution in [3.8, 4) is 0 Å². The largest absolute Gasteiger partial charge is 0.375 e. The Bertz CT molecular complexity index is 312. The molecule has 3 N–H and O–H groups in total. The highest BCUT2D eigenvalue weighted by molar-refractivity contribution is 8.93. The summed E-state index contributed by atoms with van der Waals surface area (Å²) in [5.74, 6) is -0.0412. The van der Waals surface area contributed by atoms with E-state index in [9.17, 15) is 4.79 Å². The van der Waals surface area contributed by atoms with E-state index >= 15 is 0 Å². The van der Waals surface area contributed by atoms with Crippen molar-refractivity contribution in [3.63, 3.8) is 0 Å². The minimum Gasteiger partial charge on any atom is -0.375 e. The second kappa shape index (κ2) is 3.40. The molecule has 1 aromatic heterocycles. The number of amides is 1. The Balaban J connectivity index is 0.000000720. The molecule has 1 aliphatic heterocycles. The van der Waals surface area contributed by atoms with Crippen LogP contribution in [0.1, 0.15) is 15.4 Å². The van der Waals surface area contributed by atoms with Gasteiger partial charge in [-0.25, -0.2) is 4.98 Å². The summed E-state index contributed by atoms with van der Waals surface area (Å²) in [6.45, 7) is 0.676. The van der Waals surface area contributed by atoms with Crippen molar-refractivity contribution >= 4 is 39.4 Å². The van der Waals surface area contributed by atoms with Gasteiger partial charge in [0.1, 0.15) is 4.88 Å². The van der Waals surface area contributed by atoms with Gasteiger partial charge in [0.2, 0.25) is 0 Å². The Hall–Kier alpha value is -0.620. The molecule has 2 heterocycles. The number of nitrogens with one attached hydrogen (secondary N) is 1. The molecular formula is C6H8BrN3OS. The van der Waals surface area contributed by atoms with Crippen molar-refractivity contribution in [2.45, 2.75) is 6.42 Å². The number of hydrogen-bond acceptors (Lipinski definition) is 4. The molecule has 0 unspecified atom stereocenters. The molecule has 6 heteroatoms. The molecule has 66 valence electrons. The minimum atomic E-state index is -0.0412. The van der Waals surface area contributed by atoms with Crippen molar-refractivity contribution in [1.82, 2.24) is 10.3 Å². The van der Waals surface area contributed by atoms with Gasteiger partial charge < -0.3 is 11.1 Å². The molecule has 0 atom stereocenters. The van der Waals surface area contributed by atoms with Gasteiger partial charge in [-0.1, -0.05) is 11.3 Å². The van der Waals surface area contributed by atoms with Gasteiger partial charge in [0.05, 0.1) is 5.69 Å². The highest BCUT2D eigenvalue weighted by Crippen LogP contribution is 2.22. The smallest absolute Gasteiger partial charge is 0.263 e. The lowest BCUT2D eigenvalue weighted by Gasteiger charge is -2.09. The molecule has 1 aromatic rings. The Kier molecular flexibility index (Phi) is 2.69. The zero-order valence-electron chi connectivity index (χ0n) is 6.16. The number of aromatic nitrogens is 1. The molecule has 12 heavy (non-hydrogen) atoms. The standard InChI is InChI=1S/C6H7N3OS.BrH/c7-6-9-3-1-2-8-5(10)4(3)11-6;/h1-2H2,(H2,7,9)(H,8,10);1H. The van der Waals surface area contributed by atoms with Crippen LogP contribution in [-0.2, 0) is 6.42 Å². The van der Waals surface area contributed by atoms with Crippen molar-refractivity contribution in [2.24, 2.45) is 0 Å². The highest BCUT2D eigenvalue weighted by Gasteiger charge is 2.20. The molecule has 0 fully saturated rings. The molecular weight excluding hydrogens is 242 g/mol. The Morgan fingerprint density at radius 3 is 3.00 bits per heavy atom. The number of nitrogens with two attached hydrogens (primary N) is 1. The first-order chi connectivity index (χ1) is 5.27. The van der Waals surface area contributed by atoms with Crippen molar-refractivity contribution in [2.75, 3.05) is 12.3 Å². The van der Waals surface area contributed by atoms with Gasteiger partial charge in [-0.3, -0.25) is 4.79 Å². The SMILES string of the molecule is Br.Nc1nc2c(s1)C(=O)NCC2. The van der Waals surface area contributed by atoms with Gasteiger partial charge >= 0.3 is 0 Å². The summed E-state index contributed by atoms with van der Waals surface area (Å²) in [4.78, 5) is 15.8. The Morgan fingerprint density at radius 2 is 2.33 bits per heavy atom. The third-order valence-corrected chi connectivity index (χ3v) is 2.49. The maximum Gasteiger partial charge on any atom is 0.263 e. The van der Waals surface area contributed by atoms with Crippen LogP contribution in [0.5, 0.6) is 0 Å². The quantitative estimate of drug-likeness (QED) is 0.708. The fraction of sp³-hybridized carbons (Fsp3) is 0.333. The van der Waals surface area contributed by atoms with Crippen molar-refractivity contribution in [3.05, 3.63) is 10.6 Å². The van der Waals surface area contributed by atoms with Crippen LogP contribution in [0.4, 0.5) is 5.13 Å². The molecule has 4 nitrogen and oxygen atoms in total. The van der Waals surface area contributed by atoms with E-state index in [1.165, 1.54) is 11.3 Å². The van der Waals surface area contributed by atoms with Crippen LogP contribution in [-0.4, -0.2) is 17.4 Å². The average molecular weight is 250 g/mol. The molecule has 1 aliphatic rings. The van der Waals surface area contributed by atoms with Crippen molar-refractivity contribution in [1.29, 1.82) is 0 Å². The number of nitrogen functional groups attached to an aromatic ring is 1. The molecule has 0 bridgehead atoms. The fourth-order valence-electron chi connectivity index (χ4n) is 1.09. The van der Waals surface area contributed by atoms with E-state index in [0.29, 0.717) is 16.6 Å². The Morgan fingerprint density at radius 1 is 1.58 bits per heavy atom. The van der Waals surface area contributed by atoms with Crippen LogP contribution in [0.25, 0.3) is 0 Å². The van der Waals surface area contributed by atoms with E-state index in [1.54, 1.807) is 0 Å². The number of nitrogens with zero attached hydrogens (tertiary/aromatic N) is 1. The van der Waals surface area contributed by atoms with Crippen LogP contribution >= 0.6 is 28.3 Å². The summed E-state index contributed by atoms with van der Waals surface area (Å²) >= 11 is 1.25. The third kappa shape index (κ3) is 1.44. The van der Waals surface area contributed by atoms with Gasteiger partial charge in [0.25, 0.3) is 5.91 Å². The summed E-state index contributed by atoms with van der Waals surface area (Å²) in [6.07, 6.45) is 0.800. The van der Waals surface area contributed by atoms with Crippen LogP contribution in [0, 0.1) is 0 Å². The molecule has 0 aliphatic carbocycles. The lowest BCUT2D eigenvalue weighted by molar-refractivity contribution is 0.0950. The molecule has 0 saturated heterocycles. The molecule has 0 saturated carbocycles. The maximum atomic E-state index is 11.1. The Labute approximate surface area is 83.9 Å². The van der Waals surface area contributed by atoms with Gasteiger partial charge in [-0.2, -0.15) is 0 Å². The van der Waals surface area contributed by atoms with Gasteiger partial charge in [0.15, 0.2) is 5.13 Å². The highest BCUT2D eigenvalue weighted by atomic mass is 79.9.